The quantitative estimate of drug-likeness (QED) is 0.633. The van der Waals surface area contributed by atoms with Crippen molar-refractivity contribution in [1.82, 2.24) is 10.3 Å². The molecule has 1 aromatic heterocycles. The fraction of sp³-hybridized carbons (Fsp3) is 0.333. The van der Waals surface area contributed by atoms with E-state index in [1.165, 1.54) is 23.7 Å². The molecular weight excluding hydrogens is 368 g/mol. The van der Waals surface area contributed by atoms with Crippen molar-refractivity contribution in [2.45, 2.75) is 38.6 Å². The molecule has 1 N–H and O–H groups in total. The summed E-state index contributed by atoms with van der Waals surface area (Å²) in [7, 11) is 0. The van der Waals surface area contributed by atoms with Crippen LogP contribution in [0.2, 0.25) is 0 Å². The number of aromatic nitrogens is 1. The van der Waals surface area contributed by atoms with Gasteiger partial charge in [0.15, 0.2) is 10.9 Å². The van der Waals surface area contributed by atoms with Crippen molar-refractivity contribution in [3.8, 4) is 0 Å². The molecule has 0 saturated carbocycles. The molecular formula is C18H18N4O4S. The second-order valence-electron chi connectivity index (χ2n) is 7.15. The minimum atomic E-state index is -0.396. The van der Waals surface area contributed by atoms with Gasteiger partial charge in [0.1, 0.15) is 11.1 Å². The number of nitro groups is 1. The first kappa shape index (κ1) is 17.5. The SMILES string of the molecule is CC1(C)Cc2nc(N3C=COC(C4=C([N+](=O)[O-])C=CCC4)=C3)sc2C(=O)N1. The van der Waals surface area contributed by atoms with Crippen molar-refractivity contribution in [2.75, 3.05) is 4.90 Å². The summed E-state index contributed by atoms with van der Waals surface area (Å²) < 4.78 is 5.55. The zero-order chi connectivity index (χ0) is 19.2. The first-order chi connectivity index (χ1) is 12.8. The molecule has 4 rings (SSSR count). The molecule has 2 aliphatic heterocycles. The molecule has 0 saturated heterocycles. The van der Waals surface area contributed by atoms with E-state index in [9.17, 15) is 14.9 Å². The first-order valence-corrected chi connectivity index (χ1v) is 9.36. The third kappa shape index (κ3) is 3.25. The second kappa shape index (κ2) is 6.34. The Kier molecular flexibility index (Phi) is 4.11. The van der Waals surface area contributed by atoms with E-state index in [1.807, 2.05) is 13.8 Å². The van der Waals surface area contributed by atoms with Crippen LogP contribution >= 0.6 is 11.3 Å². The van der Waals surface area contributed by atoms with Crippen LogP contribution in [0.4, 0.5) is 5.13 Å². The normalized spacial score (nSPS) is 20.7. The van der Waals surface area contributed by atoms with E-state index in [2.05, 4.69) is 10.3 Å². The minimum Gasteiger partial charge on any atom is -0.461 e. The summed E-state index contributed by atoms with van der Waals surface area (Å²) in [6, 6.07) is 0. The second-order valence-corrected chi connectivity index (χ2v) is 8.13. The number of rotatable bonds is 3. The third-order valence-corrected chi connectivity index (χ3v) is 5.60. The zero-order valence-electron chi connectivity index (χ0n) is 14.9. The van der Waals surface area contributed by atoms with Crippen LogP contribution in [-0.2, 0) is 11.2 Å². The first-order valence-electron chi connectivity index (χ1n) is 8.54. The lowest BCUT2D eigenvalue weighted by Gasteiger charge is -2.29. The molecule has 3 aliphatic rings. The molecule has 1 amide bonds. The van der Waals surface area contributed by atoms with Crippen molar-refractivity contribution in [1.29, 1.82) is 0 Å². The maximum absolute atomic E-state index is 12.3. The van der Waals surface area contributed by atoms with Gasteiger partial charge in [0.2, 0.25) is 0 Å². The molecule has 27 heavy (non-hydrogen) atoms. The van der Waals surface area contributed by atoms with Crippen LogP contribution in [0.3, 0.4) is 0 Å². The molecule has 1 aromatic rings. The molecule has 9 heteroatoms. The van der Waals surface area contributed by atoms with Crippen LogP contribution in [0.1, 0.15) is 42.1 Å². The van der Waals surface area contributed by atoms with Crippen LogP contribution < -0.4 is 10.2 Å². The summed E-state index contributed by atoms with van der Waals surface area (Å²) in [5.74, 6) is 0.300. The Labute approximate surface area is 159 Å². The lowest BCUT2D eigenvalue weighted by Crippen LogP contribution is -2.48. The Hall–Kier alpha value is -2.94. The number of carbonyl (C=O) groups is 1. The van der Waals surface area contributed by atoms with E-state index in [-0.39, 0.29) is 17.1 Å². The predicted molar refractivity (Wildman–Crippen MR) is 101 cm³/mol. The topological polar surface area (TPSA) is 97.6 Å². The largest absolute Gasteiger partial charge is 0.461 e. The number of thiazole rings is 1. The van der Waals surface area contributed by atoms with Gasteiger partial charge >= 0.3 is 0 Å². The van der Waals surface area contributed by atoms with Gasteiger partial charge in [-0.2, -0.15) is 0 Å². The summed E-state index contributed by atoms with van der Waals surface area (Å²) in [6.45, 7) is 3.92. The van der Waals surface area contributed by atoms with Crippen molar-refractivity contribution < 1.29 is 14.5 Å². The van der Waals surface area contributed by atoms with Gasteiger partial charge in [0.25, 0.3) is 11.6 Å². The van der Waals surface area contributed by atoms with Gasteiger partial charge in [-0.25, -0.2) is 4.98 Å². The highest BCUT2D eigenvalue weighted by Gasteiger charge is 2.34. The number of allylic oxidation sites excluding steroid dienone is 3. The van der Waals surface area contributed by atoms with E-state index >= 15 is 0 Å². The number of anilines is 1. The molecule has 140 valence electrons. The zero-order valence-corrected chi connectivity index (χ0v) is 15.7. The Bertz CT molecular complexity index is 955. The molecule has 0 fully saturated rings. The predicted octanol–water partition coefficient (Wildman–Crippen LogP) is 3.24. The van der Waals surface area contributed by atoms with Crippen LogP contribution in [0.5, 0.6) is 0 Å². The molecule has 0 unspecified atom stereocenters. The van der Waals surface area contributed by atoms with E-state index in [1.54, 1.807) is 23.4 Å². The van der Waals surface area contributed by atoms with Crippen molar-refractivity contribution >= 4 is 22.4 Å². The average Bonchev–Trinajstić information content (AvgIpc) is 3.05. The summed E-state index contributed by atoms with van der Waals surface area (Å²) in [4.78, 5) is 30.2. The maximum Gasteiger partial charge on any atom is 0.276 e. The van der Waals surface area contributed by atoms with Crippen LogP contribution in [-0.4, -0.2) is 21.4 Å². The number of amides is 1. The lowest BCUT2D eigenvalue weighted by molar-refractivity contribution is -0.420. The molecule has 8 nitrogen and oxygen atoms in total. The van der Waals surface area contributed by atoms with Crippen LogP contribution in [0, 0.1) is 10.1 Å². The molecule has 0 aromatic carbocycles. The number of hydrogen-bond acceptors (Lipinski definition) is 7. The highest BCUT2D eigenvalue weighted by molar-refractivity contribution is 7.17. The fourth-order valence-corrected chi connectivity index (χ4v) is 4.22. The van der Waals surface area contributed by atoms with E-state index in [0.29, 0.717) is 34.2 Å². The number of nitrogens with one attached hydrogen (secondary N) is 1. The Morgan fingerprint density at radius 2 is 2.26 bits per heavy atom. The standard InChI is InChI=1S/C18H18N4O4S/c1-18(2)9-12-15(16(23)20-18)27-17(19-12)21-7-8-26-14(10-21)11-5-3-4-6-13(11)22(24)25/h4,6-8,10H,3,5,9H2,1-2H3,(H,20,23). The van der Waals surface area contributed by atoms with Gasteiger partial charge in [-0.1, -0.05) is 17.4 Å². The number of hydrogen-bond donors (Lipinski definition) is 1. The highest BCUT2D eigenvalue weighted by atomic mass is 32.1. The summed E-state index contributed by atoms with van der Waals surface area (Å²) in [6.07, 6.45) is 10.0. The van der Waals surface area contributed by atoms with Gasteiger partial charge in [-0.3, -0.25) is 19.8 Å². The molecule has 0 atom stereocenters. The highest BCUT2D eigenvalue weighted by Crippen LogP contribution is 2.35. The van der Waals surface area contributed by atoms with Crippen molar-refractivity contribution in [2.24, 2.45) is 0 Å². The van der Waals surface area contributed by atoms with E-state index in [4.69, 9.17) is 4.74 Å². The van der Waals surface area contributed by atoms with Gasteiger partial charge in [-0.15, -0.1) is 0 Å². The molecule has 0 spiro atoms. The Morgan fingerprint density at radius 1 is 1.44 bits per heavy atom. The average molecular weight is 386 g/mol. The maximum atomic E-state index is 12.3. The number of ether oxygens (including phenoxy) is 1. The smallest absolute Gasteiger partial charge is 0.276 e. The monoisotopic (exact) mass is 386 g/mol. The van der Waals surface area contributed by atoms with E-state index in [0.717, 1.165) is 12.1 Å². The summed E-state index contributed by atoms with van der Waals surface area (Å²) in [5.41, 5.74) is 1.03. The fourth-order valence-electron chi connectivity index (χ4n) is 3.28. The summed E-state index contributed by atoms with van der Waals surface area (Å²) in [5, 5.41) is 14.9. The van der Waals surface area contributed by atoms with Gasteiger partial charge in [0, 0.05) is 24.2 Å². The van der Waals surface area contributed by atoms with Crippen molar-refractivity contribution in [3.05, 3.63) is 68.5 Å². The Balaban J connectivity index is 1.69. The molecule has 3 heterocycles. The minimum absolute atomic E-state index is 0.0438. The number of nitrogens with zero attached hydrogens (tertiary/aromatic N) is 3. The van der Waals surface area contributed by atoms with Gasteiger partial charge in [0.05, 0.1) is 22.4 Å². The number of fused-ring (bicyclic) bond motifs is 1. The van der Waals surface area contributed by atoms with E-state index < -0.39 is 4.92 Å². The molecule has 1 aliphatic carbocycles. The van der Waals surface area contributed by atoms with Gasteiger partial charge < -0.3 is 10.1 Å². The Morgan fingerprint density at radius 3 is 3.04 bits per heavy atom. The van der Waals surface area contributed by atoms with Gasteiger partial charge in [-0.05, 0) is 26.7 Å². The van der Waals surface area contributed by atoms with Crippen LogP contribution in [0.25, 0.3) is 0 Å². The number of carbonyl (C=O) groups excluding carboxylic acids is 1. The summed E-state index contributed by atoms with van der Waals surface area (Å²) >= 11 is 1.29. The molecule has 0 bridgehead atoms. The van der Waals surface area contributed by atoms with Crippen LogP contribution in [0.15, 0.2) is 47.8 Å². The molecule has 0 radical (unpaired) electrons. The van der Waals surface area contributed by atoms with Crippen molar-refractivity contribution in [3.63, 3.8) is 0 Å². The third-order valence-electron chi connectivity index (χ3n) is 4.49. The lowest BCUT2D eigenvalue weighted by atomic mass is 9.94.